The Morgan fingerprint density at radius 1 is 0.867 bits per heavy atom. The van der Waals surface area contributed by atoms with Gasteiger partial charge in [-0.05, 0) is 45.0 Å². The van der Waals surface area contributed by atoms with Crippen molar-refractivity contribution in [1.29, 1.82) is 0 Å². The number of hydrogen-bond donors (Lipinski definition) is 1. The Balaban J connectivity index is 0.00000320. The Morgan fingerprint density at radius 3 is 2.17 bits per heavy atom. The molecule has 0 radical (unpaired) electrons. The van der Waals surface area contributed by atoms with Crippen LogP contribution in [0.1, 0.15) is 26.7 Å². The second kappa shape index (κ2) is 14.1. The van der Waals surface area contributed by atoms with Crippen LogP contribution in [0.3, 0.4) is 0 Å². The molecule has 2 heterocycles. The number of nitrogens with zero attached hydrogens (tertiary/aromatic N) is 5. The summed E-state index contributed by atoms with van der Waals surface area (Å²) in [7, 11) is 0. The fourth-order valence-corrected chi connectivity index (χ4v) is 4.20. The number of likely N-dealkylation sites (N-methyl/N-ethyl adjacent to an activating group) is 1. The van der Waals surface area contributed by atoms with Gasteiger partial charge in [-0.25, -0.2) is 0 Å². The lowest BCUT2D eigenvalue weighted by Crippen LogP contribution is -2.52. The average Bonchev–Trinajstić information content (AvgIpc) is 2.79. The van der Waals surface area contributed by atoms with Gasteiger partial charge in [0.25, 0.3) is 0 Å². The van der Waals surface area contributed by atoms with E-state index in [9.17, 15) is 0 Å². The summed E-state index contributed by atoms with van der Waals surface area (Å²) in [6.07, 6.45) is 2.42. The third-order valence-electron chi connectivity index (χ3n) is 6.09. The molecule has 170 valence electrons. The maximum absolute atomic E-state index is 4.93. The number of guanidine groups is 1. The minimum Gasteiger partial charge on any atom is -0.368 e. The minimum atomic E-state index is 0. The number of benzene rings is 1. The van der Waals surface area contributed by atoms with Crippen LogP contribution in [0.4, 0.5) is 5.69 Å². The molecule has 0 aliphatic carbocycles. The third kappa shape index (κ3) is 7.89. The van der Waals surface area contributed by atoms with Gasteiger partial charge in [0.15, 0.2) is 5.96 Å². The van der Waals surface area contributed by atoms with E-state index in [4.69, 9.17) is 4.99 Å². The van der Waals surface area contributed by atoms with Crippen molar-refractivity contribution in [2.75, 3.05) is 83.4 Å². The zero-order chi connectivity index (χ0) is 20.3. The average molecular weight is 529 g/mol. The highest BCUT2D eigenvalue weighted by atomic mass is 127. The van der Waals surface area contributed by atoms with Crippen LogP contribution in [0.25, 0.3) is 0 Å². The largest absolute Gasteiger partial charge is 0.368 e. The number of para-hydroxylation sites is 1. The van der Waals surface area contributed by atoms with Crippen LogP contribution in [0.2, 0.25) is 0 Å². The standard InChI is InChI=1S/C23H40N6.HI/c1-3-24-23(25-12-8-9-13-27-16-14-26(4-2)15-17-27)29-20-18-28(19-21-29)22-10-6-5-7-11-22;/h5-7,10-11H,3-4,8-9,12-21H2,1-2H3,(H,24,25);1H. The number of rotatable bonds is 8. The van der Waals surface area contributed by atoms with Gasteiger partial charge in [0.1, 0.15) is 0 Å². The molecule has 0 spiro atoms. The summed E-state index contributed by atoms with van der Waals surface area (Å²) in [5, 5.41) is 3.50. The maximum atomic E-state index is 4.93. The van der Waals surface area contributed by atoms with Gasteiger partial charge in [0.05, 0.1) is 0 Å². The first-order valence-corrected chi connectivity index (χ1v) is 11.6. The topological polar surface area (TPSA) is 37.4 Å². The maximum Gasteiger partial charge on any atom is 0.194 e. The van der Waals surface area contributed by atoms with Gasteiger partial charge in [0.2, 0.25) is 0 Å². The Hall–Kier alpha value is -1.06. The molecule has 3 rings (SSSR count). The number of hydrogen-bond acceptors (Lipinski definition) is 4. The van der Waals surface area contributed by atoms with Gasteiger partial charge in [-0.3, -0.25) is 4.99 Å². The molecule has 2 aliphatic rings. The van der Waals surface area contributed by atoms with Crippen LogP contribution in [-0.2, 0) is 0 Å². The Bertz CT molecular complexity index is 595. The molecule has 2 saturated heterocycles. The van der Waals surface area contributed by atoms with Gasteiger partial charge in [-0.1, -0.05) is 25.1 Å². The SMILES string of the molecule is CCNC(=NCCCCN1CCN(CC)CC1)N1CCN(c2ccccc2)CC1.I. The monoisotopic (exact) mass is 528 g/mol. The zero-order valence-electron chi connectivity index (χ0n) is 18.9. The van der Waals surface area contributed by atoms with E-state index in [1.807, 2.05) is 0 Å². The Morgan fingerprint density at radius 2 is 1.53 bits per heavy atom. The molecule has 1 aromatic carbocycles. The predicted octanol–water partition coefficient (Wildman–Crippen LogP) is 2.81. The van der Waals surface area contributed by atoms with Crippen LogP contribution in [0, 0.1) is 0 Å². The normalized spacial score (nSPS) is 18.9. The van der Waals surface area contributed by atoms with E-state index in [1.165, 1.54) is 57.8 Å². The second-order valence-corrected chi connectivity index (χ2v) is 8.03. The quantitative estimate of drug-likeness (QED) is 0.243. The van der Waals surface area contributed by atoms with Crippen LogP contribution < -0.4 is 10.2 Å². The molecular weight excluding hydrogens is 487 g/mol. The molecule has 30 heavy (non-hydrogen) atoms. The van der Waals surface area contributed by atoms with Gasteiger partial charge >= 0.3 is 0 Å². The second-order valence-electron chi connectivity index (χ2n) is 8.03. The molecule has 6 nitrogen and oxygen atoms in total. The fraction of sp³-hybridized carbons (Fsp3) is 0.696. The first-order chi connectivity index (χ1) is 14.3. The summed E-state index contributed by atoms with van der Waals surface area (Å²) in [5.41, 5.74) is 1.33. The van der Waals surface area contributed by atoms with Gasteiger partial charge < -0.3 is 24.9 Å². The molecule has 0 bridgehead atoms. The number of piperazine rings is 2. The molecule has 1 N–H and O–H groups in total. The first-order valence-electron chi connectivity index (χ1n) is 11.6. The molecule has 1 aromatic rings. The van der Waals surface area contributed by atoms with Crippen molar-refractivity contribution in [3.8, 4) is 0 Å². The first kappa shape index (κ1) is 25.2. The third-order valence-corrected chi connectivity index (χ3v) is 6.09. The lowest BCUT2D eigenvalue weighted by molar-refractivity contribution is 0.136. The highest BCUT2D eigenvalue weighted by molar-refractivity contribution is 14.0. The predicted molar refractivity (Wildman–Crippen MR) is 139 cm³/mol. The minimum absolute atomic E-state index is 0. The van der Waals surface area contributed by atoms with Crippen molar-refractivity contribution in [2.45, 2.75) is 26.7 Å². The van der Waals surface area contributed by atoms with E-state index in [1.54, 1.807) is 0 Å². The van der Waals surface area contributed by atoms with Gasteiger partial charge in [-0.2, -0.15) is 0 Å². The number of anilines is 1. The molecule has 2 aliphatic heterocycles. The van der Waals surface area contributed by atoms with Crippen LogP contribution >= 0.6 is 24.0 Å². The van der Waals surface area contributed by atoms with E-state index in [0.29, 0.717) is 0 Å². The highest BCUT2D eigenvalue weighted by Crippen LogP contribution is 2.15. The number of unbranched alkanes of at least 4 members (excludes halogenated alkanes) is 1. The van der Waals surface area contributed by atoms with Crippen molar-refractivity contribution in [3.05, 3.63) is 30.3 Å². The van der Waals surface area contributed by atoms with E-state index in [0.717, 1.165) is 45.2 Å². The van der Waals surface area contributed by atoms with Crippen molar-refractivity contribution < 1.29 is 0 Å². The summed E-state index contributed by atoms with van der Waals surface area (Å²) in [6, 6.07) is 10.7. The molecule has 0 aromatic heterocycles. The summed E-state index contributed by atoms with van der Waals surface area (Å²) in [6.45, 7) is 17.8. The van der Waals surface area contributed by atoms with E-state index < -0.39 is 0 Å². The van der Waals surface area contributed by atoms with Crippen molar-refractivity contribution in [3.63, 3.8) is 0 Å². The number of halogens is 1. The van der Waals surface area contributed by atoms with Crippen LogP contribution in [0.5, 0.6) is 0 Å². The van der Waals surface area contributed by atoms with E-state index in [-0.39, 0.29) is 24.0 Å². The molecule has 2 fully saturated rings. The molecular formula is C23H41IN6. The van der Waals surface area contributed by atoms with Gasteiger partial charge in [-0.15, -0.1) is 24.0 Å². The lowest BCUT2D eigenvalue weighted by Gasteiger charge is -2.37. The van der Waals surface area contributed by atoms with Crippen molar-refractivity contribution >= 4 is 35.6 Å². The number of nitrogens with one attached hydrogen (secondary N) is 1. The molecule has 0 amide bonds. The summed E-state index contributed by atoms with van der Waals surface area (Å²) < 4.78 is 0. The highest BCUT2D eigenvalue weighted by Gasteiger charge is 2.19. The lowest BCUT2D eigenvalue weighted by atomic mass is 10.2. The smallest absolute Gasteiger partial charge is 0.194 e. The summed E-state index contributed by atoms with van der Waals surface area (Å²) in [5.74, 6) is 1.09. The van der Waals surface area contributed by atoms with Gasteiger partial charge in [0, 0.05) is 71.1 Å². The molecule has 0 saturated carbocycles. The Kier molecular flexibility index (Phi) is 11.8. The Labute approximate surface area is 200 Å². The van der Waals surface area contributed by atoms with Crippen LogP contribution in [-0.4, -0.2) is 99.2 Å². The van der Waals surface area contributed by atoms with Crippen molar-refractivity contribution in [1.82, 2.24) is 20.0 Å². The van der Waals surface area contributed by atoms with E-state index in [2.05, 4.69) is 69.1 Å². The fourth-order valence-electron chi connectivity index (χ4n) is 4.20. The van der Waals surface area contributed by atoms with E-state index >= 15 is 0 Å². The molecule has 0 atom stereocenters. The molecule has 7 heteroatoms. The summed E-state index contributed by atoms with van der Waals surface area (Å²) >= 11 is 0. The number of aliphatic imine (C=N–C) groups is 1. The van der Waals surface area contributed by atoms with Crippen LogP contribution in [0.15, 0.2) is 35.3 Å². The summed E-state index contributed by atoms with van der Waals surface area (Å²) in [4.78, 5) is 15.0. The van der Waals surface area contributed by atoms with Crippen molar-refractivity contribution in [2.24, 2.45) is 4.99 Å². The molecule has 0 unspecified atom stereocenters. The zero-order valence-corrected chi connectivity index (χ0v) is 21.3.